The number of aliphatic hydroxyl groups is 1. The van der Waals surface area contributed by atoms with E-state index in [1.807, 2.05) is 0 Å². The lowest BCUT2D eigenvalue weighted by molar-refractivity contribution is -0.161. The van der Waals surface area contributed by atoms with Gasteiger partial charge in [-0.3, -0.25) is 37.3 Å². The van der Waals surface area contributed by atoms with Crippen molar-refractivity contribution in [3.05, 3.63) is 146 Å². The summed E-state index contributed by atoms with van der Waals surface area (Å²) in [5.74, 6) is -2.26. The number of aliphatic hydroxyl groups excluding tert-OH is 1. The first kappa shape index (κ1) is 101. The first-order chi connectivity index (χ1) is 51.7. The fourth-order valence-corrected chi connectivity index (χ4v) is 12.2. The number of phosphoric ester groups is 2. The highest BCUT2D eigenvalue weighted by Gasteiger charge is 2.30. The molecule has 606 valence electrons. The van der Waals surface area contributed by atoms with Gasteiger partial charge in [-0.05, 0) is 161 Å². The molecule has 0 spiro atoms. The van der Waals surface area contributed by atoms with Crippen molar-refractivity contribution in [2.24, 2.45) is 0 Å². The largest absolute Gasteiger partial charge is 0.472 e. The molecule has 0 aliphatic heterocycles. The molecule has 0 aromatic rings. The molecular weight excluding hydrogens is 1380 g/mol. The molecule has 0 aliphatic rings. The second-order valence-electron chi connectivity index (χ2n) is 26.9. The predicted octanol–water partition coefficient (Wildman–Crippen LogP) is 24.2. The molecule has 0 radical (unpaired) electrons. The monoisotopic (exact) mass is 1530 g/mol. The van der Waals surface area contributed by atoms with Crippen LogP contribution >= 0.6 is 15.6 Å². The van der Waals surface area contributed by atoms with Crippen LogP contribution in [0.4, 0.5) is 0 Å². The second-order valence-corrected chi connectivity index (χ2v) is 29.8. The van der Waals surface area contributed by atoms with E-state index in [2.05, 4.69) is 174 Å². The third-order valence-electron chi connectivity index (χ3n) is 16.8. The minimum atomic E-state index is -4.99. The number of ether oxygens (including phenoxy) is 4. The smallest absolute Gasteiger partial charge is 0.462 e. The van der Waals surface area contributed by atoms with Gasteiger partial charge in [0.2, 0.25) is 0 Å². The van der Waals surface area contributed by atoms with Gasteiger partial charge in [-0.2, -0.15) is 0 Å². The summed E-state index contributed by atoms with van der Waals surface area (Å²) in [6, 6.07) is 0. The average molecular weight is 1530 g/mol. The maximum absolute atomic E-state index is 13.1. The maximum Gasteiger partial charge on any atom is 0.472 e. The molecule has 0 bridgehead atoms. The highest BCUT2D eigenvalue weighted by atomic mass is 31.2. The van der Waals surface area contributed by atoms with Crippen LogP contribution in [0.5, 0.6) is 0 Å². The summed E-state index contributed by atoms with van der Waals surface area (Å²) in [7, 11) is -9.99. The van der Waals surface area contributed by atoms with Gasteiger partial charge in [-0.25, -0.2) is 9.13 Å². The fourth-order valence-electron chi connectivity index (χ4n) is 10.6. The van der Waals surface area contributed by atoms with E-state index in [0.717, 1.165) is 205 Å². The van der Waals surface area contributed by atoms with Crippen LogP contribution in [0, 0.1) is 0 Å². The summed E-state index contributed by atoms with van der Waals surface area (Å²) in [5.41, 5.74) is 0. The summed E-state index contributed by atoms with van der Waals surface area (Å²) in [6.07, 6.45) is 89.6. The van der Waals surface area contributed by atoms with Gasteiger partial charge in [-0.1, -0.05) is 283 Å². The minimum absolute atomic E-state index is 0.0729. The number of rotatable bonds is 76. The number of carbonyl (C=O) groups is 4. The zero-order valence-electron chi connectivity index (χ0n) is 66.3. The molecule has 0 aromatic heterocycles. The molecule has 0 aliphatic carbocycles. The molecule has 17 nitrogen and oxygen atoms in total. The van der Waals surface area contributed by atoms with Gasteiger partial charge in [0.1, 0.15) is 19.3 Å². The van der Waals surface area contributed by atoms with Crippen LogP contribution < -0.4 is 0 Å². The van der Waals surface area contributed by atoms with Crippen molar-refractivity contribution in [2.75, 3.05) is 39.6 Å². The van der Waals surface area contributed by atoms with Gasteiger partial charge in [0.05, 0.1) is 26.4 Å². The molecule has 0 amide bonds. The molecule has 0 saturated carbocycles. The number of allylic oxidation sites excluding steroid dienone is 24. The van der Waals surface area contributed by atoms with Gasteiger partial charge >= 0.3 is 39.5 Å². The molecule has 0 rings (SSSR count). The summed E-state index contributed by atoms with van der Waals surface area (Å²) in [6.45, 7) is 4.47. The quantitative estimate of drug-likeness (QED) is 0.0169. The number of phosphoric acid groups is 2. The first-order valence-corrected chi connectivity index (χ1v) is 44.1. The Morgan fingerprint density at radius 3 is 0.783 bits per heavy atom. The Kier molecular flexibility index (Phi) is 74.3. The van der Waals surface area contributed by atoms with Crippen molar-refractivity contribution in [1.82, 2.24) is 0 Å². The Morgan fingerprint density at radius 2 is 0.491 bits per heavy atom. The van der Waals surface area contributed by atoms with E-state index in [1.165, 1.54) is 38.5 Å². The minimum Gasteiger partial charge on any atom is -0.462 e. The average Bonchev–Trinajstić information content (AvgIpc) is 0.902. The molecule has 0 fully saturated rings. The second kappa shape index (κ2) is 78.1. The van der Waals surface area contributed by atoms with Gasteiger partial charge in [0, 0.05) is 25.7 Å². The Bertz CT molecular complexity index is 2580. The van der Waals surface area contributed by atoms with Crippen LogP contribution in [0.3, 0.4) is 0 Å². The van der Waals surface area contributed by atoms with Gasteiger partial charge in [0.25, 0.3) is 0 Å². The van der Waals surface area contributed by atoms with E-state index < -0.39 is 97.5 Å². The summed E-state index contributed by atoms with van der Waals surface area (Å²) >= 11 is 0. The molecule has 5 atom stereocenters. The van der Waals surface area contributed by atoms with Gasteiger partial charge < -0.3 is 33.8 Å². The SMILES string of the molecule is CC/C=C\C/C=C\C/C=C\C/C=C\CCCCCCCCC(=O)OCC(COP(=O)(O)OCC(O)COP(=O)(O)OCC(COC(=O)CCCC/C=C\C/C=C\C/C=C\C/C=C\CC)OC(=O)CCCCCCC/C=C\CCCCCCCC)OC(=O)CCCCCCCCC/C=C\C/C=C\C/C=C\CC. The van der Waals surface area contributed by atoms with Crippen LogP contribution in [0.2, 0.25) is 0 Å². The van der Waals surface area contributed by atoms with E-state index in [9.17, 15) is 43.2 Å². The lowest BCUT2D eigenvalue weighted by Crippen LogP contribution is -2.30. The van der Waals surface area contributed by atoms with Crippen LogP contribution in [0.15, 0.2) is 146 Å². The number of hydrogen-bond acceptors (Lipinski definition) is 15. The van der Waals surface area contributed by atoms with E-state index >= 15 is 0 Å². The number of unbranched alkanes of at least 4 members (excludes halogenated alkanes) is 26. The molecular formula is C87H146O17P2. The first-order valence-electron chi connectivity index (χ1n) is 41.1. The maximum atomic E-state index is 13.1. The van der Waals surface area contributed by atoms with Crippen molar-refractivity contribution < 1.29 is 80.2 Å². The molecule has 0 heterocycles. The normalized spacial score (nSPS) is 14.6. The molecule has 3 N–H and O–H groups in total. The van der Waals surface area contributed by atoms with Gasteiger partial charge in [0.15, 0.2) is 12.2 Å². The number of esters is 4. The van der Waals surface area contributed by atoms with Crippen molar-refractivity contribution in [3.63, 3.8) is 0 Å². The highest BCUT2D eigenvalue weighted by molar-refractivity contribution is 7.47. The van der Waals surface area contributed by atoms with Gasteiger partial charge in [-0.15, -0.1) is 0 Å². The Morgan fingerprint density at radius 1 is 0.274 bits per heavy atom. The van der Waals surface area contributed by atoms with Crippen LogP contribution in [0.1, 0.15) is 323 Å². The van der Waals surface area contributed by atoms with E-state index in [0.29, 0.717) is 25.7 Å². The molecule has 0 aromatic carbocycles. The zero-order valence-corrected chi connectivity index (χ0v) is 68.1. The summed E-state index contributed by atoms with van der Waals surface area (Å²) < 4.78 is 68.7. The molecule has 19 heteroatoms. The van der Waals surface area contributed by atoms with Crippen LogP contribution in [-0.2, 0) is 65.4 Å². The van der Waals surface area contributed by atoms with E-state index in [4.69, 9.17) is 37.0 Å². The topological polar surface area (TPSA) is 237 Å². The third-order valence-corrected chi connectivity index (χ3v) is 18.7. The van der Waals surface area contributed by atoms with Crippen molar-refractivity contribution in [1.29, 1.82) is 0 Å². The van der Waals surface area contributed by atoms with Crippen LogP contribution in [-0.4, -0.2) is 96.7 Å². The summed E-state index contributed by atoms with van der Waals surface area (Å²) in [4.78, 5) is 73.1. The third kappa shape index (κ3) is 77.1. The van der Waals surface area contributed by atoms with Crippen molar-refractivity contribution >= 4 is 39.5 Å². The molecule has 0 saturated heterocycles. The fraction of sp³-hybridized carbons (Fsp3) is 0.678. The van der Waals surface area contributed by atoms with Crippen LogP contribution in [0.25, 0.3) is 0 Å². The number of hydrogen-bond donors (Lipinski definition) is 3. The van der Waals surface area contributed by atoms with E-state index in [-0.39, 0.29) is 25.7 Å². The highest BCUT2D eigenvalue weighted by Crippen LogP contribution is 2.45. The number of carbonyl (C=O) groups excluding carboxylic acids is 4. The molecule has 106 heavy (non-hydrogen) atoms. The zero-order chi connectivity index (χ0) is 77.4. The standard InChI is InChI=1S/C87H146O17P2/c1-5-9-13-17-21-25-29-33-37-39-40-42-45-48-52-56-60-64-68-72-85(90)98-78-83(104-87(92)74-70-66-62-58-54-50-46-41-38-34-30-26-22-18-14-10-6-2)80-102-106(95,96)100-76-81(88)75-99-105(93,94)101-79-82(103-86(91)73-69-65-61-57-53-49-44-36-32-28-24-20-16-12-8-4)77-97-84(89)71-67-63-59-55-51-47-43-35-31-27-23-19-15-11-7-3/h9-11,13-15,21-23,25-27,33-38,40,42-44,51,55,81-83,88H,5-8,12,16-20,24,28-32,39,41,45-50,52-54,56-80H2,1-4H3,(H,93,94)(H,95,96)/b13-9-,14-10-,15-11-,25-21-,26-22-,27-23-,37-33-,38-34-,42-40-,43-35-,44-36-,55-51-. The summed E-state index contributed by atoms with van der Waals surface area (Å²) in [5, 5.41) is 10.7. The Balaban J connectivity index is 5.43. The predicted molar refractivity (Wildman–Crippen MR) is 436 cm³/mol. The van der Waals surface area contributed by atoms with Crippen molar-refractivity contribution in [3.8, 4) is 0 Å². The lowest BCUT2D eigenvalue weighted by Gasteiger charge is -2.21. The Labute approximate surface area is 643 Å². The lowest BCUT2D eigenvalue weighted by atomic mass is 10.1. The molecule has 5 unspecified atom stereocenters. The van der Waals surface area contributed by atoms with E-state index in [1.54, 1.807) is 0 Å². The Hall–Kier alpha value is -5.06. The van der Waals surface area contributed by atoms with Crippen molar-refractivity contribution in [2.45, 2.75) is 341 Å².